The van der Waals surface area contributed by atoms with Gasteiger partial charge in [0.15, 0.2) is 5.69 Å². The lowest BCUT2D eigenvalue weighted by atomic mass is 10.3. The monoisotopic (exact) mass is 287 g/mol. The standard InChI is InChI=1S/C10H13N3O5S/c1-19(17,18)6-5-12-10(16)13-7-3-2-4-11-8(7)9(14)15/h2-4H,5-6H2,1H3,(H,14,15)(H2,12,13,16). The van der Waals surface area contributed by atoms with E-state index in [-0.39, 0.29) is 23.7 Å². The van der Waals surface area contributed by atoms with Crippen molar-refractivity contribution in [2.45, 2.75) is 0 Å². The number of nitrogens with zero attached hydrogens (tertiary/aromatic N) is 1. The smallest absolute Gasteiger partial charge is 0.356 e. The summed E-state index contributed by atoms with van der Waals surface area (Å²) in [6.45, 7) is -0.0622. The summed E-state index contributed by atoms with van der Waals surface area (Å²) < 4.78 is 21.7. The average molecular weight is 287 g/mol. The van der Waals surface area contributed by atoms with Crippen LogP contribution in [0.2, 0.25) is 0 Å². The third-order valence-electron chi connectivity index (χ3n) is 2.02. The van der Waals surface area contributed by atoms with E-state index in [9.17, 15) is 18.0 Å². The first kappa shape index (κ1) is 14.9. The van der Waals surface area contributed by atoms with Crippen LogP contribution < -0.4 is 10.6 Å². The van der Waals surface area contributed by atoms with Gasteiger partial charge in [0.05, 0.1) is 11.4 Å². The minimum Gasteiger partial charge on any atom is -0.476 e. The van der Waals surface area contributed by atoms with Gasteiger partial charge < -0.3 is 15.7 Å². The number of pyridine rings is 1. The molecular formula is C10H13N3O5S. The Bertz CT molecular complexity index is 585. The second-order valence-corrected chi connectivity index (χ2v) is 5.98. The third kappa shape index (κ3) is 5.34. The van der Waals surface area contributed by atoms with Gasteiger partial charge in [-0.1, -0.05) is 0 Å². The van der Waals surface area contributed by atoms with Gasteiger partial charge >= 0.3 is 12.0 Å². The predicted molar refractivity (Wildman–Crippen MR) is 67.9 cm³/mol. The summed E-state index contributed by atoms with van der Waals surface area (Å²) in [6, 6.07) is 2.16. The van der Waals surface area contributed by atoms with Crippen molar-refractivity contribution in [3.8, 4) is 0 Å². The fraction of sp³-hybridized carbons (Fsp3) is 0.300. The van der Waals surface area contributed by atoms with E-state index < -0.39 is 21.8 Å². The summed E-state index contributed by atoms with van der Waals surface area (Å²) in [5.74, 6) is -1.47. The zero-order valence-corrected chi connectivity index (χ0v) is 10.9. The van der Waals surface area contributed by atoms with Crippen molar-refractivity contribution in [2.24, 2.45) is 0 Å². The maximum atomic E-state index is 11.4. The SMILES string of the molecule is CS(=O)(=O)CCNC(=O)Nc1cccnc1C(=O)O. The molecule has 0 aliphatic carbocycles. The minimum atomic E-state index is -3.16. The van der Waals surface area contributed by atoms with Gasteiger partial charge in [-0.15, -0.1) is 0 Å². The molecule has 1 rings (SSSR count). The van der Waals surface area contributed by atoms with Crippen LogP contribution in [0.15, 0.2) is 18.3 Å². The number of carboxylic acid groups (broad SMARTS) is 1. The van der Waals surface area contributed by atoms with Crippen molar-refractivity contribution >= 4 is 27.5 Å². The Morgan fingerprint density at radius 2 is 2.11 bits per heavy atom. The molecule has 0 atom stereocenters. The molecule has 0 unspecified atom stereocenters. The van der Waals surface area contributed by atoms with Crippen LogP contribution in [-0.2, 0) is 9.84 Å². The molecule has 104 valence electrons. The van der Waals surface area contributed by atoms with Crippen LogP contribution in [0.3, 0.4) is 0 Å². The van der Waals surface area contributed by atoms with E-state index in [0.717, 1.165) is 6.26 Å². The Kier molecular flexibility index (Phi) is 4.81. The molecule has 0 saturated carbocycles. The summed E-state index contributed by atoms with van der Waals surface area (Å²) in [6.07, 6.45) is 2.34. The first-order valence-corrected chi connectivity index (χ1v) is 7.26. The number of anilines is 1. The molecule has 8 nitrogen and oxygen atoms in total. The number of carbonyl (C=O) groups excluding carboxylic acids is 1. The van der Waals surface area contributed by atoms with E-state index in [0.29, 0.717) is 0 Å². The molecule has 0 aliphatic rings. The van der Waals surface area contributed by atoms with E-state index in [1.54, 1.807) is 0 Å². The molecule has 0 fully saturated rings. The molecule has 2 amide bonds. The number of sulfone groups is 1. The number of carboxylic acids is 1. The van der Waals surface area contributed by atoms with Gasteiger partial charge in [0.1, 0.15) is 9.84 Å². The molecule has 19 heavy (non-hydrogen) atoms. The summed E-state index contributed by atoms with van der Waals surface area (Å²) in [5, 5.41) is 13.4. The van der Waals surface area contributed by atoms with Crippen molar-refractivity contribution in [1.29, 1.82) is 0 Å². The summed E-state index contributed by atoms with van der Waals surface area (Å²) in [7, 11) is -3.16. The molecule has 0 bridgehead atoms. The third-order valence-corrected chi connectivity index (χ3v) is 2.96. The highest BCUT2D eigenvalue weighted by Crippen LogP contribution is 2.11. The van der Waals surface area contributed by atoms with Gasteiger partial charge in [-0.2, -0.15) is 0 Å². The lowest BCUT2D eigenvalue weighted by Gasteiger charge is -2.08. The van der Waals surface area contributed by atoms with Gasteiger partial charge in [-0.3, -0.25) is 0 Å². The predicted octanol–water partition coefficient (Wildman–Crippen LogP) is -0.0541. The topological polar surface area (TPSA) is 125 Å². The Labute approximate surface area is 109 Å². The number of carbonyl (C=O) groups is 2. The Balaban J connectivity index is 2.60. The zero-order valence-electron chi connectivity index (χ0n) is 10.1. The molecule has 0 radical (unpaired) electrons. The average Bonchev–Trinajstić information content (AvgIpc) is 2.27. The van der Waals surface area contributed by atoms with Crippen molar-refractivity contribution in [1.82, 2.24) is 10.3 Å². The molecule has 9 heteroatoms. The van der Waals surface area contributed by atoms with Crippen LogP contribution in [0.4, 0.5) is 10.5 Å². The van der Waals surface area contributed by atoms with E-state index in [1.807, 2.05) is 0 Å². The van der Waals surface area contributed by atoms with Crippen LogP contribution >= 0.6 is 0 Å². The number of nitrogens with one attached hydrogen (secondary N) is 2. The van der Waals surface area contributed by atoms with Gasteiger partial charge in [-0.25, -0.2) is 23.0 Å². The van der Waals surface area contributed by atoms with Gasteiger partial charge in [0.25, 0.3) is 0 Å². The van der Waals surface area contributed by atoms with Crippen molar-refractivity contribution in [2.75, 3.05) is 23.9 Å². The lowest BCUT2D eigenvalue weighted by molar-refractivity contribution is 0.0691. The second-order valence-electron chi connectivity index (χ2n) is 3.72. The molecule has 0 aliphatic heterocycles. The maximum Gasteiger partial charge on any atom is 0.356 e. The maximum absolute atomic E-state index is 11.4. The largest absolute Gasteiger partial charge is 0.476 e. The number of rotatable bonds is 5. The number of aromatic carboxylic acids is 1. The van der Waals surface area contributed by atoms with E-state index >= 15 is 0 Å². The normalized spacial score (nSPS) is 10.8. The summed E-state index contributed by atoms with van der Waals surface area (Å²) in [5.41, 5.74) is -0.257. The van der Waals surface area contributed by atoms with Crippen LogP contribution in [0.5, 0.6) is 0 Å². The fourth-order valence-corrected chi connectivity index (χ4v) is 1.67. The van der Waals surface area contributed by atoms with Crippen LogP contribution in [0, 0.1) is 0 Å². The van der Waals surface area contributed by atoms with Crippen LogP contribution in [0.25, 0.3) is 0 Å². The number of hydrogen-bond donors (Lipinski definition) is 3. The molecule has 0 spiro atoms. The number of urea groups is 1. The molecule has 1 heterocycles. The first-order valence-electron chi connectivity index (χ1n) is 5.20. The summed E-state index contributed by atoms with van der Waals surface area (Å²) >= 11 is 0. The zero-order chi connectivity index (χ0) is 14.5. The molecule has 3 N–H and O–H groups in total. The molecule has 0 aromatic carbocycles. The highest BCUT2D eigenvalue weighted by atomic mass is 32.2. The van der Waals surface area contributed by atoms with E-state index in [4.69, 9.17) is 5.11 Å². The highest BCUT2D eigenvalue weighted by Gasteiger charge is 2.13. The van der Waals surface area contributed by atoms with Crippen molar-refractivity contribution < 1.29 is 23.1 Å². The lowest BCUT2D eigenvalue weighted by Crippen LogP contribution is -2.33. The van der Waals surface area contributed by atoms with E-state index in [1.165, 1.54) is 18.3 Å². The van der Waals surface area contributed by atoms with Gasteiger partial charge in [0, 0.05) is 19.0 Å². The first-order chi connectivity index (χ1) is 8.79. The van der Waals surface area contributed by atoms with E-state index in [2.05, 4.69) is 15.6 Å². The molecule has 0 saturated heterocycles. The van der Waals surface area contributed by atoms with Crippen molar-refractivity contribution in [3.63, 3.8) is 0 Å². The number of amides is 2. The molecule has 1 aromatic rings. The minimum absolute atomic E-state index is 0.0341. The van der Waals surface area contributed by atoms with Crippen molar-refractivity contribution in [3.05, 3.63) is 24.0 Å². The number of aromatic nitrogens is 1. The van der Waals surface area contributed by atoms with Crippen LogP contribution in [0.1, 0.15) is 10.5 Å². The Morgan fingerprint density at radius 3 is 2.68 bits per heavy atom. The number of hydrogen-bond acceptors (Lipinski definition) is 5. The Morgan fingerprint density at radius 1 is 1.42 bits per heavy atom. The fourth-order valence-electron chi connectivity index (χ4n) is 1.19. The molecule has 1 aromatic heterocycles. The second kappa shape index (κ2) is 6.14. The Hall–Kier alpha value is -2.16. The summed E-state index contributed by atoms with van der Waals surface area (Å²) in [4.78, 5) is 25.9. The quantitative estimate of drug-likeness (QED) is 0.697. The molecular weight excluding hydrogens is 274 g/mol. The van der Waals surface area contributed by atoms with Crippen LogP contribution in [-0.4, -0.2) is 49.1 Å². The highest BCUT2D eigenvalue weighted by molar-refractivity contribution is 7.90. The van der Waals surface area contributed by atoms with Gasteiger partial charge in [-0.05, 0) is 12.1 Å². The van der Waals surface area contributed by atoms with Gasteiger partial charge in [0.2, 0.25) is 0 Å².